The summed E-state index contributed by atoms with van der Waals surface area (Å²) in [5, 5.41) is 5.88. The fourth-order valence-corrected chi connectivity index (χ4v) is 5.42. The van der Waals surface area contributed by atoms with Gasteiger partial charge in [-0.15, -0.1) is 6.58 Å². The van der Waals surface area contributed by atoms with Crippen LogP contribution in [0.25, 0.3) is 0 Å². The van der Waals surface area contributed by atoms with E-state index in [1.165, 1.54) is 5.56 Å². The predicted molar refractivity (Wildman–Crippen MR) is 145 cm³/mol. The SMILES string of the molecule is C=C[C@@H]1C[C@H]1NC(=O)[C@@H]1C[C@@H]2CN1C(=O)[C@H](CCCC)NC(=O)OCCCCCCc1cccc(c1)CO2. The first kappa shape index (κ1) is 28.1. The third-order valence-corrected chi connectivity index (χ3v) is 7.83. The molecular formula is C30H43N3O5. The van der Waals surface area contributed by atoms with E-state index in [0.29, 0.717) is 32.6 Å². The van der Waals surface area contributed by atoms with Crippen LogP contribution in [-0.4, -0.2) is 60.2 Å². The molecule has 0 radical (unpaired) electrons. The van der Waals surface area contributed by atoms with Crippen molar-refractivity contribution >= 4 is 17.9 Å². The first-order chi connectivity index (χ1) is 18.5. The average molecular weight is 526 g/mol. The number of hydrogen-bond acceptors (Lipinski definition) is 5. The van der Waals surface area contributed by atoms with E-state index in [0.717, 1.165) is 56.9 Å². The van der Waals surface area contributed by atoms with E-state index in [-0.39, 0.29) is 29.9 Å². The predicted octanol–water partition coefficient (Wildman–Crippen LogP) is 4.26. The number of amides is 3. The van der Waals surface area contributed by atoms with Crippen LogP contribution in [0.1, 0.15) is 75.8 Å². The summed E-state index contributed by atoms with van der Waals surface area (Å²) < 4.78 is 11.7. The van der Waals surface area contributed by atoms with Gasteiger partial charge >= 0.3 is 6.09 Å². The maximum absolute atomic E-state index is 13.8. The van der Waals surface area contributed by atoms with Crippen molar-refractivity contribution in [3.05, 3.63) is 48.0 Å². The molecule has 1 saturated heterocycles. The molecule has 3 aliphatic rings. The van der Waals surface area contributed by atoms with Crippen molar-refractivity contribution in [2.75, 3.05) is 13.2 Å². The molecule has 1 aromatic rings. The Morgan fingerprint density at radius 3 is 2.79 bits per heavy atom. The Balaban J connectivity index is 1.52. The molecule has 208 valence electrons. The highest BCUT2D eigenvalue weighted by Gasteiger charge is 2.45. The summed E-state index contributed by atoms with van der Waals surface area (Å²) in [7, 11) is 0. The Morgan fingerprint density at radius 1 is 1.18 bits per heavy atom. The molecular weight excluding hydrogens is 482 g/mol. The molecule has 2 aliphatic heterocycles. The largest absolute Gasteiger partial charge is 0.450 e. The number of carbonyl (C=O) groups excluding carboxylic acids is 3. The second-order valence-electron chi connectivity index (χ2n) is 10.9. The number of carbonyl (C=O) groups is 3. The second kappa shape index (κ2) is 13.8. The Labute approximate surface area is 226 Å². The molecule has 2 fully saturated rings. The molecule has 38 heavy (non-hydrogen) atoms. The van der Waals surface area contributed by atoms with Crippen molar-refractivity contribution in [2.45, 2.75) is 102 Å². The summed E-state index contributed by atoms with van der Waals surface area (Å²) >= 11 is 0. The van der Waals surface area contributed by atoms with Gasteiger partial charge in [0.2, 0.25) is 11.8 Å². The van der Waals surface area contributed by atoms with Gasteiger partial charge in [0.1, 0.15) is 12.1 Å². The zero-order chi connectivity index (χ0) is 26.9. The highest BCUT2D eigenvalue weighted by molar-refractivity contribution is 5.92. The molecule has 4 rings (SSSR count). The molecule has 1 saturated carbocycles. The average Bonchev–Trinajstić information content (AvgIpc) is 3.53. The van der Waals surface area contributed by atoms with Crippen molar-refractivity contribution in [1.29, 1.82) is 0 Å². The van der Waals surface area contributed by atoms with E-state index in [2.05, 4.69) is 41.5 Å². The number of nitrogens with one attached hydrogen (secondary N) is 2. The number of rotatable bonds is 6. The van der Waals surface area contributed by atoms with E-state index in [4.69, 9.17) is 9.47 Å². The molecule has 0 spiro atoms. The summed E-state index contributed by atoms with van der Waals surface area (Å²) in [4.78, 5) is 41.3. The molecule has 1 aromatic carbocycles. The van der Waals surface area contributed by atoms with Gasteiger partial charge < -0.3 is 25.0 Å². The number of nitrogens with zero attached hydrogens (tertiary/aromatic N) is 1. The minimum absolute atomic E-state index is 0.0715. The van der Waals surface area contributed by atoms with Gasteiger partial charge in [-0.05, 0) is 49.1 Å². The lowest BCUT2D eigenvalue weighted by Gasteiger charge is -2.28. The zero-order valence-electron chi connectivity index (χ0n) is 22.7. The third-order valence-electron chi connectivity index (χ3n) is 7.83. The molecule has 0 aromatic heterocycles. The maximum atomic E-state index is 13.8. The Hall–Kier alpha value is -2.87. The molecule has 8 nitrogen and oxygen atoms in total. The number of ether oxygens (including phenoxy) is 2. The number of hydrogen-bond donors (Lipinski definition) is 2. The van der Waals surface area contributed by atoms with Gasteiger partial charge in [0.25, 0.3) is 0 Å². The van der Waals surface area contributed by atoms with E-state index < -0.39 is 18.2 Å². The van der Waals surface area contributed by atoms with Gasteiger partial charge in [-0.1, -0.05) is 62.9 Å². The molecule has 1 aliphatic carbocycles. The molecule has 5 atom stereocenters. The lowest BCUT2D eigenvalue weighted by Crippen LogP contribution is -2.54. The normalized spacial score (nSPS) is 28.8. The lowest BCUT2D eigenvalue weighted by molar-refractivity contribution is -0.140. The number of fused-ring (bicyclic) bond motifs is 4. The number of benzene rings is 1. The van der Waals surface area contributed by atoms with Crippen LogP contribution in [0.15, 0.2) is 36.9 Å². The second-order valence-corrected chi connectivity index (χ2v) is 10.9. The fraction of sp³-hybridized carbons (Fsp3) is 0.633. The van der Waals surface area contributed by atoms with E-state index in [1.807, 2.05) is 13.0 Å². The van der Waals surface area contributed by atoms with Gasteiger partial charge in [0.15, 0.2) is 0 Å². The standard InChI is InChI=1S/C30H43N3O5/c1-3-5-14-25-29(35)33-19-24(18-27(33)28(34)31-26-17-23(26)4-2)38-20-22-13-10-12-21(16-22)11-8-6-7-9-15-37-30(36)32-25/h4,10,12-13,16,23-27H,2-3,5-9,11,14-15,17-20H2,1H3,(H,31,34)(H,32,36)/t23-,24-,25+,26-,27+/m1/s1. The number of unbranched alkanes of at least 4 members (excludes halogenated alkanes) is 1. The van der Waals surface area contributed by atoms with Gasteiger partial charge in [-0.2, -0.15) is 0 Å². The summed E-state index contributed by atoms with van der Waals surface area (Å²) in [5.74, 6) is -0.137. The summed E-state index contributed by atoms with van der Waals surface area (Å²) in [6.45, 7) is 6.93. The molecule has 2 heterocycles. The van der Waals surface area contributed by atoms with Crippen LogP contribution in [0.3, 0.4) is 0 Å². The highest BCUT2D eigenvalue weighted by atomic mass is 16.5. The van der Waals surface area contributed by atoms with Crippen molar-refractivity contribution in [3.63, 3.8) is 0 Å². The van der Waals surface area contributed by atoms with Crippen molar-refractivity contribution in [2.24, 2.45) is 5.92 Å². The maximum Gasteiger partial charge on any atom is 0.407 e. The summed E-state index contributed by atoms with van der Waals surface area (Å²) in [6, 6.07) is 7.14. The smallest absolute Gasteiger partial charge is 0.407 e. The lowest BCUT2D eigenvalue weighted by atomic mass is 10.0. The monoisotopic (exact) mass is 525 g/mol. The van der Waals surface area contributed by atoms with Crippen LogP contribution in [0, 0.1) is 5.92 Å². The van der Waals surface area contributed by atoms with Crippen LogP contribution in [0.4, 0.5) is 4.79 Å². The van der Waals surface area contributed by atoms with Crippen molar-refractivity contribution in [1.82, 2.24) is 15.5 Å². The Morgan fingerprint density at radius 2 is 2.00 bits per heavy atom. The first-order valence-electron chi connectivity index (χ1n) is 14.3. The molecule has 0 unspecified atom stereocenters. The Kier molecular flexibility index (Phi) is 10.2. The van der Waals surface area contributed by atoms with Gasteiger partial charge in [0, 0.05) is 19.0 Å². The van der Waals surface area contributed by atoms with E-state index in [9.17, 15) is 14.4 Å². The number of cyclic esters (lactones) is 1. The Bertz CT molecular complexity index is 982. The van der Waals surface area contributed by atoms with E-state index >= 15 is 0 Å². The molecule has 4 bridgehead atoms. The minimum Gasteiger partial charge on any atom is -0.450 e. The van der Waals surface area contributed by atoms with Gasteiger partial charge in [0.05, 0.1) is 19.3 Å². The van der Waals surface area contributed by atoms with E-state index in [1.54, 1.807) is 4.90 Å². The minimum atomic E-state index is -0.739. The van der Waals surface area contributed by atoms with Gasteiger partial charge in [-0.25, -0.2) is 4.79 Å². The highest BCUT2D eigenvalue weighted by Crippen LogP contribution is 2.32. The van der Waals surface area contributed by atoms with Crippen LogP contribution in [-0.2, 0) is 32.1 Å². The van der Waals surface area contributed by atoms with Crippen LogP contribution >= 0.6 is 0 Å². The zero-order valence-corrected chi connectivity index (χ0v) is 22.7. The number of alkyl carbamates (subject to hydrolysis) is 1. The topological polar surface area (TPSA) is 97.0 Å². The molecule has 3 amide bonds. The quantitative estimate of drug-likeness (QED) is 0.541. The van der Waals surface area contributed by atoms with Crippen LogP contribution in [0.5, 0.6) is 0 Å². The fourth-order valence-electron chi connectivity index (χ4n) is 5.42. The van der Waals surface area contributed by atoms with Crippen LogP contribution < -0.4 is 10.6 Å². The van der Waals surface area contributed by atoms with Crippen LogP contribution in [0.2, 0.25) is 0 Å². The van der Waals surface area contributed by atoms with Gasteiger partial charge in [-0.3, -0.25) is 9.59 Å². The molecule has 8 heteroatoms. The van der Waals surface area contributed by atoms with Crippen molar-refractivity contribution in [3.8, 4) is 0 Å². The first-order valence-corrected chi connectivity index (χ1v) is 14.3. The summed E-state index contributed by atoms with van der Waals surface area (Å²) in [5.41, 5.74) is 2.37. The number of aryl methyl sites for hydroxylation is 1. The molecule has 2 N–H and O–H groups in total. The van der Waals surface area contributed by atoms with Crippen molar-refractivity contribution < 1.29 is 23.9 Å². The third kappa shape index (κ3) is 7.82. The summed E-state index contributed by atoms with van der Waals surface area (Å²) in [6.07, 6.45) is 9.38.